The van der Waals surface area contributed by atoms with Gasteiger partial charge in [-0.05, 0) is 43.1 Å². The Hall–Kier alpha value is -4.85. The van der Waals surface area contributed by atoms with Gasteiger partial charge >= 0.3 is 0 Å². The van der Waals surface area contributed by atoms with Crippen LogP contribution >= 0.6 is 0 Å². The second-order valence-corrected chi connectivity index (χ2v) is 9.28. The first-order valence-corrected chi connectivity index (χ1v) is 10.9. The van der Waals surface area contributed by atoms with Crippen molar-refractivity contribution in [3.8, 4) is 48.2 Å². The molecule has 0 aliphatic heterocycles. The summed E-state index contributed by atoms with van der Waals surface area (Å²) in [6, 6.07) is 13.6. The lowest BCUT2D eigenvalue weighted by atomic mass is 9.39. The molecule has 35 heavy (non-hydrogen) atoms. The summed E-state index contributed by atoms with van der Waals surface area (Å²) in [5, 5.41) is 92.7. The summed E-state index contributed by atoms with van der Waals surface area (Å²) in [5.41, 5.74) is -6.36. The third-order valence-corrected chi connectivity index (χ3v) is 8.57. The van der Waals surface area contributed by atoms with Gasteiger partial charge < -0.3 is 10.2 Å². The average molecular weight is 459 g/mol. The molecule has 9 heteroatoms. The maximum absolute atomic E-state index is 10.8. The van der Waals surface area contributed by atoms with E-state index in [-0.39, 0.29) is 36.0 Å². The van der Waals surface area contributed by atoms with Crippen LogP contribution < -0.4 is 0 Å². The zero-order valence-electron chi connectivity index (χ0n) is 18.4. The van der Waals surface area contributed by atoms with Gasteiger partial charge in [-0.15, -0.1) is 6.58 Å². The van der Waals surface area contributed by atoms with Crippen LogP contribution in [0.25, 0.3) is 0 Å². The van der Waals surface area contributed by atoms with Crippen molar-refractivity contribution in [3.05, 3.63) is 40.5 Å². The number of nitrogens with zero attached hydrogens (tertiary/aromatic N) is 7. The van der Waals surface area contributed by atoms with Gasteiger partial charge in [0, 0.05) is 11.0 Å². The molecule has 2 saturated carbocycles. The standard InChI is InChI=1S/C26H17N7O2/c1-2-26-17(5-6-24(11-31)18(26)3-4-20(24)34)21-14(7-27)15(8-28)23(35)16(9-29)22(21)25(12-32,13-33)19(26)10-30/h2,17-20,34-35H,1,3-6H2/t17?,18?,19?,20-,24+,26?/m0/s1. The first-order valence-electron chi connectivity index (χ1n) is 10.9. The molecular formula is C26H17N7O2. The lowest BCUT2D eigenvalue weighted by Gasteiger charge is -2.59. The molecule has 4 unspecified atom stereocenters. The van der Waals surface area contributed by atoms with Crippen molar-refractivity contribution >= 4 is 0 Å². The van der Waals surface area contributed by atoms with E-state index in [2.05, 4.69) is 18.7 Å². The molecule has 2 fully saturated rings. The highest BCUT2D eigenvalue weighted by molar-refractivity contribution is 5.74. The number of aromatic hydroxyl groups is 1. The predicted octanol–water partition coefficient (Wildman–Crippen LogP) is 2.78. The number of hydrogen-bond donors (Lipinski definition) is 2. The molecule has 1 aromatic rings. The minimum absolute atomic E-state index is 0.0841. The number of allylic oxidation sites excluding steroid dienone is 1. The van der Waals surface area contributed by atoms with Crippen LogP contribution in [0.1, 0.15) is 59.4 Å². The van der Waals surface area contributed by atoms with E-state index in [1.807, 2.05) is 18.2 Å². The summed E-state index contributed by atoms with van der Waals surface area (Å²) in [6.07, 6.45) is 1.42. The lowest BCUT2D eigenvalue weighted by Crippen LogP contribution is -2.60. The molecule has 0 spiro atoms. The van der Waals surface area contributed by atoms with E-state index in [9.17, 15) is 47.0 Å². The first-order chi connectivity index (χ1) is 16.8. The number of phenols is 1. The molecule has 0 heterocycles. The van der Waals surface area contributed by atoms with Crippen LogP contribution in [0.15, 0.2) is 12.7 Å². The van der Waals surface area contributed by atoms with E-state index in [4.69, 9.17) is 0 Å². The highest BCUT2D eigenvalue weighted by Crippen LogP contribution is 2.72. The van der Waals surface area contributed by atoms with Crippen molar-refractivity contribution in [1.82, 2.24) is 0 Å². The normalized spacial score (nSPS) is 33.3. The van der Waals surface area contributed by atoms with E-state index in [1.54, 1.807) is 12.1 Å². The van der Waals surface area contributed by atoms with Crippen molar-refractivity contribution in [2.75, 3.05) is 0 Å². The number of nitriles is 7. The summed E-state index contributed by atoms with van der Waals surface area (Å²) in [4.78, 5) is 0. The van der Waals surface area contributed by atoms with Crippen molar-refractivity contribution in [3.63, 3.8) is 0 Å². The fourth-order valence-electron chi connectivity index (χ4n) is 7.23. The monoisotopic (exact) mass is 459 g/mol. The fraction of sp³-hybridized carbons (Fsp3) is 0.423. The molecule has 1 aromatic carbocycles. The van der Waals surface area contributed by atoms with E-state index >= 15 is 0 Å². The molecule has 3 aliphatic carbocycles. The molecule has 168 valence electrons. The molecule has 2 N–H and O–H groups in total. The van der Waals surface area contributed by atoms with E-state index in [0.717, 1.165) is 0 Å². The average Bonchev–Trinajstić information content (AvgIpc) is 3.23. The van der Waals surface area contributed by atoms with E-state index < -0.39 is 57.0 Å². The van der Waals surface area contributed by atoms with Crippen LogP contribution in [0.3, 0.4) is 0 Å². The number of fused-ring (bicyclic) bond motifs is 5. The third kappa shape index (κ3) is 2.32. The SMILES string of the molecule is C=CC12C(CC[C@@]3(C#N)C1CC[C@@H]3O)c1c(C#N)c(C#N)c(O)c(C#N)c1C(C#N)(C#N)C2C#N. The highest BCUT2D eigenvalue weighted by atomic mass is 16.3. The van der Waals surface area contributed by atoms with Gasteiger partial charge in [-0.1, -0.05) is 6.08 Å². The summed E-state index contributed by atoms with van der Waals surface area (Å²) in [7, 11) is 0. The number of aliphatic hydroxyl groups excluding tert-OH is 1. The van der Waals surface area contributed by atoms with Crippen LogP contribution in [-0.2, 0) is 5.41 Å². The summed E-state index contributed by atoms with van der Waals surface area (Å²) in [5.74, 6) is -3.70. The highest BCUT2D eigenvalue weighted by Gasteiger charge is 2.72. The molecule has 0 aromatic heterocycles. The smallest absolute Gasteiger partial charge is 0.186 e. The Morgan fingerprint density at radius 2 is 1.49 bits per heavy atom. The first kappa shape index (κ1) is 23.3. The molecular weight excluding hydrogens is 442 g/mol. The number of hydrogen-bond acceptors (Lipinski definition) is 9. The van der Waals surface area contributed by atoms with Gasteiger partial charge in [-0.3, -0.25) is 0 Å². The van der Waals surface area contributed by atoms with Crippen LogP contribution in [0.4, 0.5) is 0 Å². The molecule has 9 nitrogen and oxygen atoms in total. The summed E-state index contributed by atoms with van der Waals surface area (Å²) in [6.45, 7) is 3.95. The maximum atomic E-state index is 10.8. The molecule has 0 bridgehead atoms. The Bertz CT molecular complexity index is 1470. The summed E-state index contributed by atoms with van der Waals surface area (Å²) < 4.78 is 0. The predicted molar refractivity (Wildman–Crippen MR) is 116 cm³/mol. The van der Waals surface area contributed by atoms with Crippen LogP contribution in [-0.4, -0.2) is 16.3 Å². The number of rotatable bonds is 1. The molecule has 0 amide bonds. The van der Waals surface area contributed by atoms with Crippen molar-refractivity contribution in [2.45, 2.75) is 43.1 Å². The molecule has 0 saturated heterocycles. The zero-order chi connectivity index (χ0) is 25.8. The van der Waals surface area contributed by atoms with Crippen molar-refractivity contribution < 1.29 is 10.2 Å². The Morgan fingerprint density at radius 1 is 0.857 bits per heavy atom. The van der Waals surface area contributed by atoms with Gasteiger partial charge in [-0.25, -0.2) is 0 Å². The lowest BCUT2D eigenvalue weighted by molar-refractivity contribution is -0.0507. The minimum Gasteiger partial charge on any atom is -0.505 e. The van der Waals surface area contributed by atoms with Gasteiger partial charge in [0.1, 0.15) is 29.3 Å². The Labute approximate surface area is 201 Å². The molecule has 6 atom stereocenters. The van der Waals surface area contributed by atoms with Crippen LogP contribution in [0, 0.1) is 102 Å². The van der Waals surface area contributed by atoms with Crippen LogP contribution in [0.5, 0.6) is 5.75 Å². The Kier molecular flexibility index (Phi) is 5.06. The largest absolute Gasteiger partial charge is 0.505 e. The van der Waals surface area contributed by atoms with Crippen LogP contribution in [0.2, 0.25) is 0 Å². The quantitative estimate of drug-likeness (QED) is 0.591. The molecule has 3 aliphatic rings. The van der Waals surface area contributed by atoms with Crippen molar-refractivity contribution in [2.24, 2.45) is 22.7 Å². The minimum atomic E-state index is -2.32. The number of benzene rings is 1. The van der Waals surface area contributed by atoms with Gasteiger partial charge in [0.05, 0.1) is 47.3 Å². The third-order valence-electron chi connectivity index (χ3n) is 8.57. The topological polar surface area (TPSA) is 207 Å². The number of aliphatic hydroxyl groups is 1. The van der Waals surface area contributed by atoms with Gasteiger partial charge in [0.15, 0.2) is 11.2 Å². The van der Waals surface area contributed by atoms with E-state index in [0.29, 0.717) is 6.42 Å². The Balaban J connectivity index is 2.30. The molecule has 4 rings (SSSR count). The summed E-state index contributed by atoms with van der Waals surface area (Å²) >= 11 is 0. The zero-order valence-corrected chi connectivity index (χ0v) is 18.4. The Morgan fingerprint density at radius 3 is 1.97 bits per heavy atom. The fourth-order valence-corrected chi connectivity index (χ4v) is 7.23. The van der Waals surface area contributed by atoms with Gasteiger partial charge in [-0.2, -0.15) is 36.8 Å². The van der Waals surface area contributed by atoms with Gasteiger partial charge in [0.25, 0.3) is 0 Å². The maximum Gasteiger partial charge on any atom is 0.186 e. The van der Waals surface area contributed by atoms with E-state index in [1.165, 1.54) is 6.08 Å². The second-order valence-electron chi connectivity index (χ2n) is 9.28. The number of phenolic OH excluding ortho intramolecular Hbond substituents is 1. The van der Waals surface area contributed by atoms with Gasteiger partial charge in [0.2, 0.25) is 0 Å². The van der Waals surface area contributed by atoms with Crippen molar-refractivity contribution in [1.29, 1.82) is 36.8 Å². The molecule has 0 radical (unpaired) electrons. The second kappa shape index (κ2) is 7.59.